The van der Waals surface area contributed by atoms with Crippen LogP contribution in [0.1, 0.15) is 33.3 Å². The van der Waals surface area contributed by atoms with Crippen LogP contribution in [0.25, 0.3) is 16.7 Å². The topological polar surface area (TPSA) is 74.9 Å². The Kier molecular flexibility index (Phi) is 6.69. The molecule has 0 saturated heterocycles. The van der Waals surface area contributed by atoms with Crippen molar-refractivity contribution in [3.63, 3.8) is 0 Å². The van der Waals surface area contributed by atoms with Gasteiger partial charge in [-0.1, -0.05) is 54.1 Å². The Labute approximate surface area is 235 Å². The maximum absolute atomic E-state index is 13.7. The number of methoxy groups -OCH3 is 2. The third-order valence-electron chi connectivity index (χ3n) is 7.00. The summed E-state index contributed by atoms with van der Waals surface area (Å²) in [6, 6.07) is 23.9. The van der Waals surface area contributed by atoms with Crippen LogP contribution in [0.5, 0.6) is 17.2 Å². The number of hydrogen-bond acceptors (Lipinski definition) is 7. The summed E-state index contributed by atoms with van der Waals surface area (Å²) < 4.78 is 18.6. The van der Waals surface area contributed by atoms with E-state index < -0.39 is 0 Å². The van der Waals surface area contributed by atoms with Gasteiger partial charge in [-0.2, -0.15) is 9.78 Å². The molecule has 0 saturated carbocycles. The van der Waals surface area contributed by atoms with Gasteiger partial charge in [0.05, 0.1) is 36.2 Å². The summed E-state index contributed by atoms with van der Waals surface area (Å²) in [5.74, 6) is 2.77. The fraction of sp³-hybridized carbons (Fsp3) is 0.156. The summed E-state index contributed by atoms with van der Waals surface area (Å²) in [7, 11) is 3.09. The molecule has 7 nitrogen and oxygen atoms in total. The molecule has 3 aromatic carbocycles. The molecule has 200 valence electrons. The molecule has 6 rings (SSSR count). The molecule has 1 unspecified atom stereocenters. The van der Waals surface area contributed by atoms with Gasteiger partial charge >= 0.3 is 0 Å². The van der Waals surface area contributed by atoms with Crippen molar-refractivity contribution in [2.45, 2.75) is 19.8 Å². The molecule has 8 heteroatoms. The van der Waals surface area contributed by atoms with Gasteiger partial charge in [0.15, 0.2) is 11.5 Å². The predicted octanol–water partition coefficient (Wildman–Crippen LogP) is 6.56. The molecule has 1 aliphatic heterocycles. The number of thiophene rings is 1. The van der Waals surface area contributed by atoms with Crippen molar-refractivity contribution in [2.75, 3.05) is 14.2 Å². The lowest BCUT2D eigenvalue weighted by Crippen LogP contribution is -2.22. The van der Waals surface area contributed by atoms with Crippen molar-refractivity contribution >= 4 is 34.2 Å². The van der Waals surface area contributed by atoms with Crippen LogP contribution in [0.4, 0.5) is 0 Å². The van der Waals surface area contributed by atoms with Crippen LogP contribution in [0, 0.1) is 13.8 Å². The molecular formula is C32H27N3O4S. The molecule has 1 atom stereocenters. The molecule has 0 N–H and O–H groups in total. The maximum Gasteiger partial charge on any atom is 0.282 e. The monoisotopic (exact) mass is 549 g/mol. The van der Waals surface area contributed by atoms with Gasteiger partial charge in [-0.3, -0.25) is 4.79 Å². The maximum atomic E-state index is 13.7. The van der Waals surface area contributed by atoms with Gasteiger partial charge in [-0.05, 0) is 43.0 Å². The van der Waals surface area contributed by atoms with E-state index in [4.69, 9.17) is 19.3 Å². The van der Waals surface area contributed by atoms with E-state index in [1.54, 1.807) is 43.7 Å². The first-order chi connectivity index (χ1) is 19.5. The number of aryl methyl sites for hydroxylation is 2. The normalized spacial score (nSPS) is 14.8. The second kappa shape index (κ2) is 10.5. The zero-order valence-electron chi connectivity index (χ0n) is 22.5. The number of allylic oxidation sites excluding steroid dienone is 1. The minimum Gasteiger partial charge on any atom is -0.493 e. The summed E-state index contributed by atoms with van der Waals surface area (Å²) in [6.45, 7) is 3.83. The number of fused-ring (bicyclic) bond motifs is 2. The molecule has 3 heterocycles. The van der Waals surface area contributed by atoms with Gasteiger partial charge in [0.25, 0.3) is 5.56 Å². The van der Waals surface area contributed by atoms with Crippen molar-refractivity contribution in [1.29, 1.82) is 0 Å². The lowest BCUT2D eigenvalue weighted by atomic mass is 9.82. The molecule has 0 aliphatic carbocycles. The Morgan fingerprint density at radius 3 is 2.45 bits per heavy atom. The summed E-state index contributed by atoms with van der Waals surface area (Å²) in [5.41, 5.74) is 4.38. The number of aromatic nitrogens is 2. The van der Waals surface area contributed by atoms with Crippen molar-refractivity contribution in [3.05, 3.63) is 121 Å². The predicted molar refractivity (Wildman–Crippen MR) is 159 cm³/mol. The highest BCUT2D eigenvalue weighted by Crippen LogP contribution is 2.45. The molecule has 40 heavy (non-hydrogen) atoms. The second-order valence-corrected chi connectivity index (χ2v) is 10.4. The average molecular weight is 550 g/mol. The quantitative estimate of drug-likeness (QED) is 0.224. The number of hydrogen-bond donors (Lipinski definition) is 0. The summed E-state index contributed by atoms with van der Waals surface area (Å²) in [4.78, 5) is 19.3. The van der Waals surface area contributed by atoms with E-state index in [9.17, 15) is 4.79 Å². The van der Waals surface area contributed by atoms with Crippen LogP contribution in [0.15, 0.2) is 93.6 Å². The van der Waals surface area contributed by atoms with Gasteiger partial charge in [0.2, 0.25) is 0 Å². The first kappa shape index (κ1) is 25.6. The zero-order valence-corrected chi connectivity index (χ0v) is 23.4. The van der Waals surface area contributed by atoms with Gasteiger partial charge in [0, 0.05) is 23.1 Å². The van der Waals surface area contributed by atoms with Gasteiger partial charge in [0.1, 0.15) is 17.3 Å². The number of rotatable bonds is 6. The molecule has 1 aliphatic rings. The Bertz CT molecular complexity index is 1840. The van der Waals surface area contributed by atoms with Crippen LogP contribution in [-0.4, -0.2) is 30.1 Å². The first-order valence-corrected chi connectivity index (χ1v) is 13.7. The SMILES string of the molecule is COc1cc2nc(C)n(N=CC3=C(c4cccs4)Oc4ccccc4C3c3ccc(C)cc3)c(=O)c2cc1OC. The summed E-state index contributed by atoms with van der Waals surface area (Å²) in [6.07, 6.45) is 1.73. The van der Waals surface area contributed by atoms with Crippen molar-refractivity contribution in [3.8, 4) is 17.2 Å². The lowest BCUT2D eigenvalue weighted by Gasteiger charge is -2.29. The molecule has 0 spiro atoms. The van der Waals surface area contributed by atoms with E-state index in [-0.39, 0.29) is 11.5 Å². The summed E-state index contributed by atoms with van der Waals surface area (Å²) >= 11 is 1.59. The number of nitrogens with zero attached hydrogens (tertiary/aromatic N) is 3. The Morgan fingerprint density at radius 2 is 1.73 bits per heavy atom. The van der Waals surface area contributed by atoms with Gasteiger partial charge < -0.3 is 14.2 Å². The minimum atomic E-state index is -0.304. The van der Waals surface area contributed by atoms with Crippen molar-refractivity contribution in [1.82, 2.24) is 9.66 Å². The number of benzene rings is 3. The third kappa shape index (κ3) is 4.46. The molecule has 0 bridgehead atoms. The highest BCUT2D eigenvalue weighted by molar-refractivity contribution is 7.11. The fourth-order valence-electron chi connectivity index (χ4n) is 5.00. The van der Waals surface area contributed by atoms with E-state index in [0.717, 1.165) is 27.3 Å². The van der Waals surface area contributed by atoms with Crippen LogP contribution in [-0.2, 0) is 0 Å². The van der Waals surface area contributed by atoms with Crippen molar-refractivity contribution in [2.24, 2.45) is 5.10 Å². The van der Waals surface area contributed by atoms with Crippen LogP contribution < -0.4 is 19.8 Å². The minimum absolute atomic E-state index is 0.153. The van der Waals surface area contributed by atoms with Gasteiger partial charge in [-0.15, -0.1) is 11.3 Å². The largest absolute Gasteiger partial charge is 0.493 e. The molecule has 0 fully saturated rings. The number of ether oxygens (including phenoxy) is 3. The van der Waals surface area contributed by atoms with E-state index in [2.05, 4.69) is 42.2 Å². The Balaban J connectivity index is 1.56. The highest BCUT2D eigenvalue weighted by Gasteiger charge is 2.31. The fourth-order valence-corrected chi connectivity index (χ4v) is 5.73. The molecule has 2 aromatic heterocycles. The first-order valence-electron chi connectivity index (χ1n) is 12.8. The van der Waals surface area contributed by atoms with Gasteiger partial charge in [-0.25, -0.2) is 4.98 Å². The van der Waals surface area contributed by atoms with E-state index in [1.165, 1.54) is 17.3 Å². The third-order valence-corrected chi connectivity index (χ3v) is 7.87. The molecule has 0 amide bonds. The Morgan fingerprint density at radius 1 is 0.975 bits per heavy atom. The lowest BCUT2D eigenvalue weighted by molar-refractivity contribution is 0.355. The molecule has 5 aromatic rings. The van der Waals surface area contributed by atoms with Crippen LogP contribution >= 0.6 is 11.3 Å². The van der Waals surface area contributed by atoms with E-state index >= 15 is 0 Å². The Hall–Kier alpha value is -4.69. The smallest absolute Gasteiger partial charge is 0.282 e. The van der Waals surface area contributed by atoms with E-state index in [0.29, 0.717) is 34.0 Å². The van der Waals surface area contributed by atoms with Crippen molar-refractivity contribution < 1.29 is 14.2 Å². The summed E-state index contributed by atoms with van der Waals surface area (Å²) in [5, 5.41) is 7.12. The zero-order chi connectivity index (χ0) is 27.8. The second-order valence-electron chi connectivity index (χ2n) is 9.49. The molecule has 0 radical (unpaired) electrons. The van der Waals surface area contributed by atoms with Crippen LogP contribution in [0.2, 0.25) is 0 Å². The van der Waals surface area contributed by atoms with Crippen LogP contribution in [0.3, 0.4) is 0 Å². The van der Waals surface area contributed by atoms with E-state index in [1.807, 2.05) is 35.7 Å². The highest BCUT2D eigenvalue weighted by atomic mass is 32.1. The molecular weight excluding hydrogens is 522 g/mol. The standard InChI is InChI=1S/C32H27N3O4S/c1-19-11-13-21(14-12-19)30-22-8-5-6-9-26(22)39-31(29-10-7-15-40-29)24(30)18-33-35-20(2)34-25-17-28(38-4)27(37-3)16-23(25)32(35)36/h5-18,30H,1-4H3. The average Bonchev–Trinajstić information content (AvgIpc) is 3.51. The number of para-hydroxylation sites is 1.